The number of hydrogen-bond acceptors (Lipinski definition) is 3. The van der Waals surface area contributed by atoms with Gasteiger partial charge in [0.05, 0.1) is 6.21 Å². The standard InChI is InChI=1S/C15H25N5/c1-3-5-9-20(4-2)12-14-8-6-7-13(10-14)11-18-19-15(16)17/h6-8,10-11H,3-5,9,12H2,1-2H3,(H4,16,17,19). The third-order valence-corrected chi connectivity index (χ3v) is 3.01. The summed E-state index contributed by atoms with van der Waals surface area (Å²) >= 11 is 0. The molecule has 0 amide bonds. The predicted molar refractivity (Wildman–Crippen MR) is 85.7 cm³/mol. The van der Waals surface area contributed by atoms with E-state index in [9.17, 15) is 0 Å². The first-order chi connectivity index (χ1) is 9.65. The summed E-state index contributed by atoms with van der Waals surface area (Å²) in [5, 5.41) is 7.43. The molecular formula is C15H25N5. The molecule has 0 bridgehead atoms. The molecule has 5 nitrogen and oxygen atoms in total. The Morgan fingerprint density at radius 2 is 2.10 bits per heavy atom. The Balaban J connectivity index is 2.67. The van der Waals surface area contributed by atoms with Crippen molar-refractivity contribution in [3.8, 4) is 0 Å². The Bertz CT molecular complexity index is 449. The van der Waals surface area contributed by atoms with E-state index in [-0.39, 0.29) is 5.96 Å². The van der Waals surface area contributed by atoms with Gasteiger partial charge < -0.3 is 11.5 Å². The van der Waals surface area contributed by atoms with Crippen molar-refractivity contribution >= 4 is 12.2 Å². The van der Waals surface area contributed by atoms with Crippen molar-refractivity contribution < 1.29 is 0 Å². The largest absolute Gasteiger partial charge is 0.369 e. The van der Waals surface area contributed by atoms with E-state index in [2.05, 4.69) is 41.1 Å². The van der Waals surface area contributed by atoms with Crippen LogP contribution in [-0.4, -0.2) is 30.2 Å². The second kappa shape index (κ2) is 9.09. The third kappa shape index (κ3) is 6.33. The predicted octanol–water partition coefficient (Wildman–Crippen LogP) is 1.92. The lowest BCUT2D eigenvalue weighted by molar-refractivity contribution is 0.275. The molecule has 4 N–H and O–H groups in total. The Hall–Kier alpha value is -1.88. The van der Waals surface area contributed by atoms with Crippen molar-refractivity contribution in [3.63, 3.8) is 0 Å². The van der Waals surface area contributed by atoms with Gasteiger partial charge in [-0.05, 0) is 36.7 Å². The topological polar surface area (TPSA) is 80.0 Å². The molecule has 0 saturated carbocycles. The second-order valence-electron chi connectivity index (χ2n) is 4.74. The van der Waals surface area contributed by atoms with Crippen LogP contribution in [0.3, 0.4) is 0 Å². The summed E-state index contributed by atoms with van der Waals surface area (Å²) in [5.74, 6) is -0.0332. The lowest BCUT2D eigenvalue weighted by Gasteiger charge is -2.20. The summed E-state index contributed by atoms with van der Waals surface area (Å²) in [5.41, 5.74) is 12.7. The number of unbranched alkanes of at least 4 members (excludes halogenated alkanes) is 1. The van der Waals surface area contributed by atoms with Gasteiger partial charge in [0.1, 0.15) is 0 Å². The molecule has 1 aromatic carbocycles. The third-order valence-electron chi connectivity index (χ3n) is 3.01. The van der Waals surface area contributed by atoms with Gasteiger partial charge >= 0.3 is 0 Å². The van der Waals surface area contributed by atoms with E-state index >= 15 is 0 Å². The van der Waals surface area contributed by atoms with Gasteiger partial charge in [0.2, 0.25) is 5.96 Å². The molecule has 0 aromatic heterocycles. The fraction of sp³-hybridized carbons (Fsp3) is 0.467. The summed E-state index contributed by atoms with van der Waals surface area (Å²) in [6.07, 6.45) is 4.12. The number of nitrogens with two attached hydrogens (primary N) is 2. The number of guanidine groups is 1. The maximum atomic E-state index is 5.22. The lowest BCUT2D eigenvalue weighted by atomic mass is 10.1. The molecule has 1 rings (SSSR count). The molecule has 0 fully saturated rings. The highest BCUT2D eigenvalue weighted by molar-refractivity contribution is 5.81. The van der Waals surface area contributed by atoms with Crippen LogP contribution in [0.4, 0.5) is 0 Å². The van der Waals surface area contributed by atoms with Crippen molar-refractivity contribution in [3.05, 3.63) is 35.4 Å². The molecule has 0 unspecified atom stereocenters. The average Bonchev–Trinajstić information content (AvgIpc) is 2.43. The minimum absolute atomic E-state index is 0.0332. The van der Waals surface area contributed by atoms with Crippen LogP contribution < -0.4 is 11.5 Å². The maximum absolute atomic E-state index is 5.22. The van der Waals surface area contributed by atoms with Crippen LogP contribution in [0.5, 0.6) is 0 Å². The highest BCUT2D eigenvalue weighted by Gasteiger charge is 2.03. The van der Waals surface area contributed by atoms with Crippen LogP contribution in [0.1, 0.15) is 37.8 Å². The molecule has 0 atom stereocenters. The van der Waals surface area contributed by atoms with Crippen LogP contribution in [0, 0.1) is 0 Å². The van der Waals surface area contributed by atoms with E-state index in [1.54, 1.807) is 6.21 Å². The molecule has 0 aliphatic rings. The van der Waals surface area contributed by atoms with Gasteiger partial charge in [0.25, 0.3) is 0 Å². The lowest BCUT2D eigenvalue weighted by Crippen LogP contribution is -2.23. The van der Waals surface area contributed by atoms with E-state index in [1.807, 2.05) is 12.1 Å². The number of rotatable bonds is 8. The molecule has 0 aliphatic heterocycles. The molecule has 0 aliphatic carbocycles. The normalized spacial score (nSPS) is 11.2. The van der Waals surface area contributed by atoms with Crippen molar-refractivity contribution in [2.45, 2.75) is 33.2 Å². The smallest absolute Gasteiger partial charge is 0.211 e. The van der Waals surface area contributed by atoms with Crippen molar-refractivity contribution in [2.24, 2.45) is 21.7 Å². The molecule has 0 radical (unpaired) electrons. The van der Waals surface area contributed by atoms with E-state index in [0.717, 1.165) is 25.2 Å². The van der Waals surface area contributed by atoms with Crippen LogP contribution in [-0.2, 0) is 6.54 Å². The average molecular weight is 275 g/mol. The summed E-state index contributed by atoms with van der Waals surface area (Å²) < 4.78 is 0. The zero-order valence-electron chi connectivity index (χ0n) is 12.4. The first kappa shape index (κ1) is 16.2. The quantitative estimate of drug-likeness (QED) is 0.432. The molecule has 0 spiro atoms. The minimum Gasteiger partial charge on any atom is -0.369 e. The maximum Gasteiger partial charge on any atom is 0.211 e. The summed E-state index contributed by atoms with van der Waals surface area (Å²) in [4.78, 5) is 2.44. The van der Waals surface area contributed by atoms with Crippen LogP contribution in [0.15, 0.2) is 34.5 Å². The fourth-order valence-corrected chi connectivity index (χ4v) is 1.92. The first-order valence-corrected chi connectivity index (χ1v) is 7.09. The van der Waals surface area contributed by atoms with E-state index in [4.69, 9.17) is 11.5 Å². The molecule has 5 heteroatoms. The van der Waals surface area contributed by atoms with Crippen molar-refractivity contribution in [1.29, 1.82) is 0 Å². The van der Waals surface area contributed by atoms with Gasteiger partial charge in [-0.1, -0.05) is 38.5 Å². The Morgan fingerprint density at radius 1 is 1.30 bits per heavy atom. The number of hydrogen-bond donors (Lipinski definition) is 2. The molecule has 0 heterocycles. The van der Waals surface area contributed by atoms with Crippen LogP contribution >= 0.6 is 0 Å². The Labute approximate surface area is 121 Å². The van der Waals surface area contributed by atoms with Crippen molar-refractivity contribution in [2.75, 3.05) is 13.1 Å². The highest BCUT2D eigenvalue weighted by atomic mass is 15.3. The van der Waals surface area contributed by atoms with Crippen LogP contribution in [0.25, 0.3) is 0 Å². The van der Waals surface area contributed by atoms with Gasteiger partial charge in [0.15, 0.2) is 0 Å². The Morgan fingerprint density at radius 3 is 2.75 bits per heavy atom. The Kier molecular flexibility index (Phi) is 7.35. The monoisotopic (exact) mass is 275 g/mol. The number of benzene rings is 1. The fourth-order valence-electron chi connectivity index (χ4n) is 1.92. The van der Waals surface area contributed by atoms with E-state index < -0.39 is 0 Å². The molecule has 0 saturated heterocycles. The molecule has 20 heavy (non-hydrogen) atoms. The second-order valence-corrected chi connectivity index (χ2v) is 4.74. The number of nitrogens with zero attached hydrogens (tertiary/aromatic N) is 3. The minimum atomic E-state index is -0.0332. The van der Waals surface area contributed by atoms with E-state index in [0.29, 0.717) is 0 Å². The molecular weight excluding hydrogens is 250 g/mol. The van der Waals surface area contributed by atoms with Gasteiger partial charge in [-0.25, -0.2) is 0 Å². The van der Waals surface area contributed by atoms with Gasteiger partial charge in [-0.15, -0.1) is 5.10 Å². The summed E-state index contributed by atoms with van der Waals surface area (Å²) in [7, 11) is 0. The van der Waals surface area contributed by atoms with Crippen LogP contribution in [0.2, 0.25) is 0 Å². The van der Waals surface area contributed by atoms with Gasteiger partial charge in [0, 0.05) is 6.54 Å². The zero-order chi connectivity index (χ0) is 14.8. The highest BCUT2D eigenvalue weighted by Crippen LogP contribution is 2.08. The summed E-state index contributed by atoms with van der Waals surface area (Å²) in [6, 6.07) is 8.25. The molecule has 110 valence electrons. The van der Waals surface area contributed by atoms with Gasteiger partial charge in [-0.3, -0.25) is 4.90 Å². The SMILES string of the molecule is CCCCN(CC)Cc1cccc(C=NN=C(N)N)c1. The zero-order valence-corrected chi connectivity index (χ0v) is 12.4. The van der Waals surface area contributed by atoms with E-state index in [1.165, 1.54) is 18.4 Å². The molecule has 1 aromatic rings. The first-order valence-electron chi connectivity index (χ1n) is 7.09. The van der Waals surface area contributed by atoms with Crippen molar-refractivity contribution in [1.82, 2.24) is 4.90 Å². The summed E-state index contributed by atoms with van der Waals surface area (Å²) in [6.45, 7) is 7.57. The van der Waals surface area contributed by atoms with Gasteiger partial charge in [-0.2, -0.15) is 5.10 Å².